The SMILES string of the molecule is C[C@@H]1CN(C2CCN(c3ccnc4[nH]c5ccc(CS(=O)(=O)c6ccccc6)cc5c34)CC2)C[C@H](C)O1. The number of H-pyrrole nitrogens is 1. The maximum Gasteiger partial charge on any atom is 0.182 e. The van der Waals surface area contributed by atoms with E-state index in [4.69, 9.17) is 4.74 Å². The van der Waals surface area contributed by atoms with Gasteiger partial charge in [-0.3, -0.25) is 4.90 Å². The number of ether oxygens (including phenoxy) is 1. The topological polar surface area (TPSA) is 78.5 Å². The summed E-state index contributed by atoms with van der Waals surface area (Å²) in [6, 6.07) is 17.2. The molecule has 6 rings (SSSR count). The molecule has 0 saturated carbocycles. The summed E-state index contributed by atoms with van der Waals surface area (Å²) in [5.41, 5.74) is 3.76. The lowest BCUT2D eigenvalue weighted by Crippen LogP contribution is -2.53. The van der Waals surface area contributed by atoms with Crippen LogP contribution in [0.1, 0.15) is 32.3 Å². The van der Waals surface area contributed by atoms with Crippen LogP contribution in [0.4, 0.5) is 5.69 Å². The van der Waals surface area contributed by atoms with Crippen LogP contribution < -0.4 is 4.90 Å². The number of sulfone groups is 1. The number of nitrogens with zero attached hydrogens (tertiary/aromatic N) is 3. The van der Waals surface area contributed by atoms with Crippen molar-refractivity contribution in [2.24, 2.45) is 0 Å². The van der Waals surface area contributed by atoms with Crippen molar-refractivity contribution < 1.29 is 13.2 Å². The molecule has 194 valence electrons. The Hall–Kier alpha value is -2.94. The van der Waals surface area contributed by atoms with Gasteiger partial charge in [-0.05, 0) is 62.6 Å². The average Bonchev–Trinajstić information content (AvgIpc) is 3.27. The fourth-order valence-electron chi connectivity index (χ4n) is 6.12. The number of aromatic amines is 1. The van der Waals surface area contributed by atoms with Gasteiger partial charge in [0.25, 0.3) is 0 Å². The Morgan fingerprint density at radius 1 is 1.00 bits per heavy atom. The van der Waals surface area contributed by atoms with E-state index < -0.39 is 9.84 Å². The van der Waals surface area contributed by atoms with E-state index in [1.807, 2.05) is 30.5 Å². The molecule has 8 heteroatoms. The van der Waals surface area contributed by atoms with Crippen LogP contribution >= 0.6 is 0 Å². The van der Waals surface area contributed by atoms with E-state index in [2.05, 4.69) is 39.7 Å². The van der Waals surface area contributed by atoms with Gasteiger partial charge in [0.2, 0.25) is 0 Å². The second-order valence-electron chi connectivity index (χ2n) is 10.6. The number of hydrogen-bond donors (Lipinski definition) is 1. The highest BCUT2D eigenvalue weighted by atomic mass is 32.2. The van der Waals surface area contributed by atoms with Gasteiger partial charge < -0.3 is 14.6 Å². The third kappa shape index (κ3) is 4.85. The van der Waals surface area contributed by atoms with Gasteiger partial charge >= 0.3 is 0 Å². The zero-order valence-electron chi connectivity index (χ0n) is 21.4. The Kier molecular flexibility index (Phi) is 6.42. The smallest absolute Gasteiger partial charge is 0.182 e. The molecular weight excluding hydrogens is 484 g/mol. The molecule has 1 N–H and O–H groups in total. The number of hydrogen-bond acceptors (Lipinski definition) is 6. The molecule has 0 unspecified atom stereocenters. The number of piperidine rings is 1. The van der Waals surface area contributed by atoms with E-state index in [9.17, 15) is 8.42 Å². The van der Waals surface area contributed by atoms with Crippen molar-refractivity contribution in [3.05, 3.63) is 66.4 Å². The van der Waals surface area contributed by atoms with Crippen LogP contribution in [0.5, 0.6) is 0 Å². The highest BCUT2D eigenvalue weighted by molar-refractivity contribution is 7.90. The fraction of sp³-hybridized carbons (Fsp3) is 0.414. The highest BCUT2D eigenvalue weighted by Crippen LogP contribution is 2.35. The van der Waals surface area contributed by atoms with Gasteiger partial charge in [-0.25, -0.2) is 13.4 Å². The maximum atomic E-state index is 13.0. The highest BCUT2D eigenvalue weighted by Gasteiger charge is 2.31. The lowest BCUT2D eigenvalue weighted by molar-refractivity contribution is -0.0826. The van der Waals surface area contributed by atoms with Gasteiger partial charge in [0.1, 0.15) is 5.65 Å². The van der Waals surface area contributed by atoms with Gasteiger partial charge in [0.05, 0.1) is 22.9 Å². The van der Waals surface area contributed by atoms with E-state index in [1.165, 1.54) is 5.69 Å². The van der Waals surface area contributed by atoms with Crippen molar-refractivity contribution in [3.8, 4) is 0 Å². The number of rotatable bonds is 5. The molecule has 7 nitrogen and oxygen atoms in total. The van der Waals surface area contributed by atoms with Gasteiger partial charge in [-0.2, -0.15) is 0 Å². The summed E-state index contributed by atoms with van der Waals surface area (Å²) in [5, 5.41) is 2.10. The van der Waals surface area contributed by atoms with Crippen molar-refractivity contribution in [1.82, 2.24) is 14.9 Å². The largest absolute Gasteiger partial charge is 0.373 e. The molecule has 0 radical (unpaired) electrons. The maximum absolute atomic E-state index is 13.0. The lowest BCUT2D eigenvalue weighted by atomic mass is 10.00. The standard InChI is InChI=1S/C29H34N4O3S/c1-20-17-33(18-21(2)36-20)23-11-14-32(15-12-23)27-10-13-30-29-28(27)25-16-22(8-9-26(25)31-29)19-37(34,35)24-6-4-3-5-7-24/h3-10,13,16,20-21,23H,11-12,14-15,17-19H2,1-2H3,(H,30,31)/t20-,21+. The van der Waals surface area contributed by atoms with E-state index in [1.54, 1.807) is 24.3 Å². The first-order valence-corrected chi connectivity index (χ1v) is 14.8. The van der Waals surface area contributed by atoms with Crippen LogP contribution in [0.3, 0.4) is 0 Å². The Labute approximate surface area is 218 Å². The Bertz CT molecular complexity index is 1500. The molecule has 2 saturated heterocycles. The molecule has 0 bridgehead atoms. The number of pyridine rings is 1. The van der Waals surface area contributed by atoms with Crippen molar-refractivity contribution in [1.29, 1.82) is 0 Å². The van der Waals surface area contributed by atoms with Crippen LogP contribution in [-0.2, 0) is 20.3 Å². The van der Waals surface area contributed by atoms with Crippen LogP contribution in [0.25, 0.3) is 21.9 Å². The van der Waals surface area contributed by atoms with E-state index >= 15 is 0 Å². The quantitative estimate of drug-likeness (QED) is 0.410. The molecule has 4 heterocycles. The van der Waals surface area contributed by atoms with E-state index in [0.717, 1.165) is 66.5 Å². The first-order valence-electron chi connectivity index (χ1n) is 13.2. The second-order valence-corrected chi connectivity index (χ2v) is 12.5. The minimum atomic E-state index is -3.42. The third-order valence-corrected chi connectivity index (χ3v) is 9.47. The molecule has 2 aromatic carbocycles. The minimum Gasteiger partial charge on any atom is -0.373 e. The summed E-state index contributed by atoms with van der Waals surface area (Å²) in [6.07, 6.45) is 4.67. The van der Waals surface area contributed by atoms with Gasteiger partial charge in [-0.15, -0.1) is 0 Å². The first-order chi connectivity index (χ1) is 17.9. The number of nitrogens with one attached hydrogen (secondary N) is 1. The number of benzene rings is 2. The number of aromatic nitrogens is 2. The van der Waals surface area contributed by atoms with Gasteiger partial charge in [0.15, 0.2) is 9.84 Å². The Balaban J connectivity index is 1.27. The summed E-state index contributed by atoms with van der Waals surface area (Å²) in [7, 11) is -3.42. The summed E-state index contributed by atoms with van der Waals surface area (Å²) < 4.78 is 32.0. The van der Waals surface area contributed by atoms with Crippen LogP contribution in [0.2, 0.25) is 0 Å². The molecule has 2 aromatic heterocycles. The minimum absolute atomic E-state index is 0.0307. The molecule has 0 aliphatic carbocycles. The van der Waals surface area contributed by atoms with Crippen molar-refractivity contribution in [2.45, 2.75) is 55.6 Å². The van der Waals surface area contributed by atoms with Crippen LogP contribution in [0, 0.1) is 0 Å². The number of morpholine rings is 1. The van der Waals surface area contributed by atoms with E-state index in [0.29, 0.717) is 10.9 Å². The monoisotopic (exact) mass is 518 g/mol. The molecule has 2 fully saturated rings. The molecule has 2 atom stereocenters. The summed E-state index contributed by atoms with van der Waals surface area (Å²) in [5.74, 6) is -0.0307. The number of anilines is 1. The Morgan fingerprint density at radius 3 is 2.46 bits per heavy atom. The predicted molar refractivity (Wildman–Crippen MR) is 148 cm³/mol. The fourth-order valence-corrected chi connectivity index (χ4v) is 7.48. The zero-order valence-corrected chi connectivity index (χ0v) is 22.2. The van der Waals surface area contributed by atoms with Crippen molar-refractivity contribution in [2.75, 3.05) is 31.1 Å². The number of fused-ring (bicyclic) bond motifs is 3. The van der Waals surface area contributed by atoms with Crippen LogP contribution in [-0.4, -0.2) is 67.7 Å². The molecule has 2 aliphatic rings. The lowest BCUT2D eigenvalue weighted by Gasteiger charge is -2.44. The Morgan fingerprint density at radius 2 is 1.73 bits per heavy atom. The van der Waals surface area contributed by atoms with E-state index in [-0.39, 0.29) is 18.0 Å². The van der Waals surface area contributed by atoms with Crippen molar-refractivity contribution in [3.63, 3.8) is 0 Å². The van der Waals surface area contributed by atoms with Gasteiger partial charge in [0, 0.05) is 60.4 Å². The molecule has 0 spiro atoms. The first kappa shape index (κ1) is 24.4. The average molecular weight is 519 g/mol. The predicted octanol–water partition coefficient (Wildman–Crippen LogP) is 4.77. The molecule has 2 aliphatic heterocycles. The molecular formula is C29H34N4O3S. The molecule has 4 aromatic rings. The molecule has 37 heavy (non-hydrogen) atoms. The third-order valence-electron chi connectivity index (χ3n) is 7.76. The second kappa shape index (κ2) is 9.74. The van der Waals surface area contributed by atoms with Crippen molar-refractivity contribution >= 4 is 37.5 Å². The summed E-state index contributed by atoms with van der Waals surface area (Å²) >= 11 is 0. The summed E-state index contributed by atoms with van der Waals surface area (Å²) in [6.45, 7) is 8.32. The van der Waals surface area contributed by atoms with Gasteiger partial charge in [-0.1, -0.05) is 24.3 Å². The van der Waals surface area contributed by atoms with Crippen LogP contribution in [0.15, 0.2) is 65.7 Å². The normalized spacial score (nSPS) is 22.2. The molecule has 0 amide bonds. The zero-order chi connectivity index (χ0) is 25.6. The summed E-state index contributed by atoms with van der Waals surface area (Å²) in [4.78, 5) is 13.5.